The van der Waals surface area contributed by atoms with Gasteiger partial charge < -0.3 is 10.5 Å². The highest BCUT2D eigenvalue weighted by molar-refractivity contribution is 7.21. The zero-order valence-corrected chi connectivity index (χ0v) is 11.7. The standard InChI is InChI=1S/C15H13FN2OS/c1-2-19-10-4-6-13-14(8-10)20-15(18-13)11-7-9(17)3-5-12(11)16/h3-8H,2,17H2,1H3. The SMILES string of the molecule is CCOc1ccc2nc(-c3cc(N)ccc3F)sc2c1. The van der Waals surface area contributed by atoms with Gasteiger partial charge in [-0.2, -0.15) is 0 Å². The summed E-state index contributed by atoms with van der Waals surface area (Å²) in [7, 11) is 0. The van der Waals surface area contributed by atoms with Crippen molar-refractivity contribution in [3.8, 4) is 16.3 Å². The van der Waals surface area contributed by atoms with Crippen LogP contribution >= 0.6 is 11.3 Å². The predicted molar refractivity (Wildman–Crippen MR) is 80.6 cm³/mol. The molecular formula is C15H13FN2OS. The molecule has 0 aliphatic heterocycles. The molecule has 0 fully saturated rings. The van der Waals surface area contributed by atoms with Gasteiger partial charge in [0, 0.05) is 11.3 Å². The number of thiazole rings is 1. The minimum absolute atomic E-state index is 0.316. The molecule has 5 heteroatoms. The summed E-state index contributed by atoms with van der Waals surface area (Å²) < 4.78 is 20.3. The number of rotatable bonds is 3. The van der Waals surface area contributed by atoms with Crippen LogP contribution in [0.15, 0.2) is 36.4 Å². The fourth-order valence-corrected chi connectivity index (χ4v) is 3.00. The Morgan fingerprint density at radius 1 is 1.25 bits per heavy atom. The Kier molecular flexibility index (Phi) is 3.28. The van der Waals surface area contributed by atoms with Crippen molar-refractivity contribution in [1.82, 2.24) is 4.98 Å². The summed E-state index contributed by atoms with van der Waals surface area (Å²) in [5, 5.41) is 0.624. The van der Waals surface area contributed by atoms with E-state index in [1.54, 1.807) is 12.1 Å². The van der Waals surface area contributed by atoms with Crippen LogP contribution in [0.25, 0.3) is 20.8 Å². The van der Waals surface area contributed by atoms with Crippen LogP contribution in [0.5, 0.6) is 5.75 Å². The molecule has 0 radical (unpaired) electrons. The van der Waals surface area contributed by atoms with Gasteiger partial charge in [-0.1, -0.05) is 0 Å². The molecule has 3 nitrogen and oxygen atoms in total. The fourth-order valence-electron chi connectivity index (χ4n) is 1.98. The molecule has 0 saturated heterocycles. The van der Waals surface area contributed by atoms with Crippen LogP contribution in [-0.2, 0) is 0 Å². The van der Waals surface area contributed by atoms with E-state index in [2.05, 4.69) is 4.98 Å². The number of nitrogens with zero attached hydrogens (tertiary/aromatic N) is 1. The maximum atomic E-state index is 13.9. The van der Waals surface area contributed by atoms with Gasteiger partial charge in [-0.15, -0.1) is 11.3 Å². The average molecular weight is 288 g/mol. The van der Waals surface area contributed by atoms with E-state index in [0.717, 1.165) is 16.0 Å². The molecule has 0 atom stereocenters. The van der Waals surface area contributed by atoms with E-state index >= 15 is 0 Å². The van der Waals surface area contributed by atoms with E-state index in [-0.39, 0.29) is 5.82 Å². The first-order valence-electron chi connectivity index (χ1n) is 6.26. The van der Waals surface area contributed by atoms with E-state index in [9.17, 15) is 4.39 Å². The molecule has 0 saturated carbocycles. The van der Waals surface area contributed by atoms with Crippen LogP contribution in [0.4, 0.5) is 10.1 Å². The normalized spacial score (nSPS) is 10.9. The monoisotopic (exact) mass is 288 g/mol. The quantitative estimate of drug-likeness (QED) is 0.739. The van der Waals surface area contributed by atoms with Crippen molar-refractivity contribution >= 4 is 27.2 Å². The first-order chi connectivity index (χ1) is 9.67. The first kappa shape index (κ1) is 12.9. The minimum Gasteiger partial charge on any atom is -0.494 e. The van der Waals surface area contributed by atoms with Crippen molar-refractivity contribution in [2.24, 2.45) is 0 Å². The number of anilines is 1. The van der Waals surface area contributed by atoms with Crippen LogP contribution in [0.1, 0.15) is 6.92 Å². The predicted octanol–water partition coefficient (Wildman–Crippen LogP) is 4.08. The van der Waals surface area contributed by atoms with Crippen molar-refractivity contribution in [1.29, 1.82) is 0 Å². The Morgan fingerprint density at radius 2 is 2.10 bits per heavy atom. The van der Waals surface area contributed by atoms with Gasteiger partial charge in [0.25, 0.3) is 0 Å². The lowest BCUT2D eigenvalue weighted by Gasteiger charge is -2.00. The Balaban J connectivity index is 2.10. The van der Waals surface area contributed by atoms with Gasteiger partial charge in [-0.25, -0.2) is 9.37 Å². The molecule has 0 bridgehead atoms. The Morgan fingerprint density at radius 3 is 2.90 bits per heavy atom. The highest BCUT2D eigenvalue weighted by Crippen LogP contribution is 2.34. The molecule has 3 aromatic rings. The molecule has 2 N–H and O–H groups in total. The topological polar surface area (TPSA) is 48.1 Å². The number of fused-ring (bicyclic) bond motifs is 1. The molecule has 1 heterocycles. The number of nitrogens with two attached hydrogens (primary N) is 1. The summed E-state index contributed by atoms with van der Waals surface area (Å²) >= 11 is 1.43. The third kappa shape index (κ3) is 2.32. The summed E-state index contributed by atoms with van der Waals surface area (Å²) in [5.74, 6) is 0.478. The Hall–Kier alpha value is -2.14. The summed E-state index contributed by atoms with van der Waals surface area (Å²) in [5.41, 5.74) is 7.50. The second kappa shape index (κ2) is 5.09. The van der Waals surface area contributed by atoms with Crippen molar-refractivity contribution in [3.05, 3.63) is 42.2 Å². The molecule has 0 aliphatic rings. The zero-order chi connectivity index (χ0) is 14.1. The molecule has 0 amide bonds. The second-order valence-electron chi connectivity index (χ2n) is 4.32. The molecular weight excluding hydrogens is 275 g/mol. The molecule has 2 aromatic carbocycles. The summed E-state index contributed by atoms with van der Waals surface area (Å²) in [6.45, 7) is 2.55. The van der Waals surface area contributed by atoms with Crippen LogP contribution in [0.3, 0.4) is 0 Å². The fraction of sp³-hybridized carbons (Fsp3) is 0.133. The molecule has 102 valence electrons. The smallest absolute Gasteiger partial charge is 0.133 e. The summed E-state index contributed by atoms with van der Waals surface area (Å²) in [4.78, 5) is 4.45. The molecule has 20 heavy (non-hydrogen) atoms. The highest BCUT2D eigenvalue weighted by atomic mass is 32.1. The van der Waals surface area contributed by atoms with Crippen molar-refractivity contribution in [2.45, 2.75) is 6.92 Å². The van der Waals surface area contributed by atoms with E-state index in [1.165, 1.54) is 17.4 Å². The van der Waals surface area contributed by atoms with Crippen molar-refractivity contribution in [2.75, 3.05) is 12.3 Å². The van der Waals surface area contributed by atoms with Crippen LogP contribution in [0, 0.1) is 5.82 Å². The molecule has 0 spiro atoms. The largest absolute Gasteiger partial charge is 0.494 e. The second-order valence-corrected chi connectivity index (χ2v) is 5.35. The van der Waals surface area contributed by atoms with Gasteiger partial charge in [-0.3, -0.25) is 0 Å². The van der Waals surface area contributed by atoms with E-state index in [1.807, 2.05) is 25.1 Å². The number of halogens is 1. The maximum Gasteiger partial charge on any atom is 0.133 e. The van der Waals surface area contributed by atoms with E-state index in [4.69, 9.17) is 10.5 Å². The van der Waals surface area contributed by atoms with Crippen molar-refractivity contribution < 1.29 is 9.13 Å². The lowest BCUT2D eigenvalue weighted by Crippen LogP contribution is -1.90. The molecule has 0 aliphatic carbocycles. The zero-order valence-electron chi connectivity index (χ0n) is 10.9. The number of nitrogen functional groups attached to an aromatic ring is 1. The number of hydrogen-bond donors (Lipinski definition) is 1. The van der Waals surface area contributed by atoms with Crippen LogP contribution in [0.2, 0.25) is 0 Å². The molecule has 1 aromatic heterocycles. The lowest BCUT2D eigenvalue weighted by atomic mass is 10.2. The van der Waals surface area contributed by atoms with Crippen molar-refractivity contribution in [3.63, 3.8) is 0 Å². The van der Waals surface area contributed by atoms with Gasteiger partial charge in [0.05, 0.1) is 16.8 Å². The van der Waals surface area contributed by atoms with Gasteiger partial charge in [0.2, 0.25) is 0 Å². The van der Waals surface area contributed by atoms with Gasteiger partial charge >= 0.3 is 0 Å². The van der Waals surface area contributed by atoms with Crippen LogP contribution < -0.4 is 10.5 Å². The van der Waals surface area contributed by atoms with Gasteiger partial charge in [0.1, 0.15) is 16.6 Å². The first-order valence-corrected chi connectivity index (χ1v) is 7.08. The summed E-state index contributed by atoms with van der Waals surface area (Å²) in [6, 6.07) is 10.2. The van der Waals surface area contributed by atoms with E-state index < -0.39 is 0 Å². The third-order valence-electron chi connectivity index (χ3n) is 2.89. The minimum atomic E-state index is -0.316. The maximum absolute atomic E-state index is 13.9. The Bertz CT molecular complexity index is 770. The highest BCUT2D eigenvalue weighted by Gasteiger charge is 2.11. The van der Waals surface area contributed by atoms with Gasteiger partial charge in [0.15, 0.2) is 0 Å². The molecule has 3 rings (SSSR count). The van der Waals surface area contributed by atoms with Gasteiger partial charge in [-0.05, 0) is 43.3 Å². The summed E-state index contributed by atoms with van der Waals surface area (Å²) in [6.07, 6.45) is 0. The lowest BCUT2D eigenvalue weighted by molar-refractivity contribution is 0.341. The number of benzene rings is 2. The molecule has 0 unspecified atom stereocenters. The average Bonchev–Trinajstić information content (AvgIpc) is 2.85. The number of aromatic nitrogens is 1. The Labute approximate surface area is 119 Å². The third-order valence-corrected chi connectivity index (χ3v) is 3.94. The number of ether oxygens (including phenoxy) is 1. The van der Waals surface area contributed by atoms with E-state index in [0.29, 0.717) is 22.9 Å². The van der Waals surface area contributed by atoms with Crippen LogP contribution in [-0.4, -0.2) is 11.6 Å². The number of hydrogen-bond acceptors (Lipinski definition) is 4.